The molecule has 0 bridgehead atoms. The minimum atomic E-state index is -5.15. The van der Waals surface area contributed by atoms with Crippen LogP contribution in [-0.2, 0) is 58.7 Å². The topological polar surface area (TPSA) is 242 Å². The third kappa shape index (κ3) is 8.05. The zero-order chi connectivity index (χ0) is 23.7. The van der Waals surface area contributed by atoms with Gasteiger partial charge in [0.2, 0.25) is 0 Å². The summed E-state index contributed by atoms with van der Waals surface area (Å²) in [6, 6.07) is 0. The molecule has 2 atom stereocenters. The van der Waals surface area contributed by atoms with Gasteiger partial charge in [0.15, 0.2) is 0 Å². The first-order valence-electron chi connectivity index (χ1n) is 8.17. The molecule has 2 rings (SSSR count). The van der Waals surface area contributed by atoms with E-state index in [0.29, 0.717) is 0 Å². The number of hydroxylamine groups is 4. The van der Waals surface area contributed by atoms with Gasteiger partial charge in [-0.05, 0) is 6.42 Å². The first-order valence-corrected chi connectivity index (χ1v) is 11.1. The van der Waals surface area contributed by atoms with Crippen LogP contribution in [0.25, 0.3) is 0 Å². The van der Waals surface area contributed by atoms with Crippen LogP contribution >= 0.6 is 0 Å². The van der Waals surface area contributed by atoms with Crippen LogP contribution < -0.4 is 59.1 Å². The molecule has 0 aromatic heterocycles. The minimum absolute atomic E-state index is 0. The van der Waals surface area contributed by atoms with Crippen molar-refractivity contribution in [2.45, 2.75) is 42.6 Å². The Morgan fingerprint density at radius 2 is 1.06 bits per heavy atom. The van der Waals surface area contributed by atoms with Crippen LogP contribution in [0.15, 0.2) is 0 Å². The summed E-state index contributed by atoms with van der Waals surface area (Å²) in [7, 11) is -10.3. The number of rotatable bonds is 8. The van der Waals surface area contributed by atoms with Crippen LogP contribution in [0.3, 0.4) is 0 Å². The van der Waals surface area contributed by atoms with Crippen LogP contribution in [0, 0.1) is 0 Å². The van der Waals surface area contributed by atoms with Crippen LogP contribution in [0.1, 0.15) is 32.1 Å². The van der Waals surface area contributed by atoms with E-state index in [2.05, 4.69) is 9.68 Å². The van der Waals surface area contributed by atoms with Gasteiger partial charge >= 0.3 is 71.1 Å². The largest absolute Gasteiger partial charge is 1.00 e. The Bertz CT molecular complexity index is 989. The number of imide groups is 2. The summed E-state index contributed by atoms with van der Waals surface area (Å²) in [4.78, 5) is 78.5. The zero-order valence-corrected chi connectivity index (χ0v) is 22.7. The molecule has 16 nitrogen and oxygen atoms in total. The molecule has 2 unspecified atom stereocenters. The molecule has 0 radical (unpaired) electrons. The number of hydrogen-bond donors (Lipinski definition) is 0. The summed E-state index contributed by atoms with van der Waals surface area (Å²) >= 11 is 0. The Kier molecular flexibility index (Phi) is 11.8. The van der Waals surface area contributed by atoms with Gasteiger partial charge in [0, 0.05) is 12.8 Å². The molecular formula is C13H12N2Na2O14S2. The van der Waals surface area contributed by atoms with E-state index in [0.717, 1.165) is 0 Å². The fourth-order valence-electron chi connectivity index (χ4n) is 2.48. The minimum Gasteiger partial charge on any atom is -0.747 e. The molecule has 33 heavy (non-hydrogen) atoms. The molecule has 0 spiro atoms. The fourth-order valence-corrected chi connectivity index (χ4v) is 3.86. The summed E-state index contributed by atoms with van der Waals surface area (Å²) in [5.41, 5.74) is 0. The van der Waals surface area contributed by atoms with Crippen molar-refractivity contribution in [3.05, 3.63) is 0 Å². The normalized spacial score (nSPS) is 20.9. The number of carbonyl (C=O) groups excluding carboxylic acids is 6. The third-order valence-corrected chi connectivity index (χ3v) is 6.10. The summed E-state index contributed by atoms with van der Waals surface area (Å²) in [6.07, 6.45) is -3.61. The molecule has 2 fully saturated rings. The first kappa shape index (κ1) is 32.0. The number of amides is 4. The van der Waals surface area contributed by atoms with Crippen molar-refractivity contribution in [1.82, 2.24) is 10.1 Å². The summed E-state index contributed by atoms with van der Waals surface area (Å²) in [6.45, 7) is 0. The average molecular weight is 530 g/mol. The van der Waals surface area contributed by atoms with E-state index < -0.39 is 92.0 Å². The first-order chi connectivity index (χ1) is 14.1. The molecule has 2 aliphatic heterocycles. The quantitative estimate of drug-likeness (QED) is 0.161. The molecule has 2 saturated heterocycles. The summed E-state index contributed by atoms with van der Waals surface area (Å²) < 4.78 is 65.3. The van der Waals surface area contributed by atoms with E-state index in [9.17, 15) is 54.7 Å². The Labute approximate surface area is 230 Å². The van der Waals surface area contributed by atoms with Crippen molar-refractivity contribution in [3.63, 3.8) is 0 Å². The summed E-state index contributed by atoms with van der Waals surface area (Å²) in [5.74, 6) is -8.08. The van der Waals surface area contributed by atoms with Gasteiger partial charge in [-0.25, -0.2) is 26.4 Å². The predicted molar refractivity (Wildman–Crippen MR) is 85.9 cm³/mol. The van der Waals surface area contributed by atoms with E-state index >= 15 is 0 Å². The third-order valence-electron chi connectivity index (χ3n) is 3.97. The number of carbonyl (C=O) groups is 6. The Hall–Kier alpha value is -0.960. The molecule has 2 aliphatic rings. The van der Waals surface area contributed by atoms with E-state index in [1.165, 1.54) is 0 Å². The second-order valence-corrected chi connectivity index (χ2v) is 9.31. The van der Waals surface area contributed by atoms with Crippen LogP contribution in [0.2, 0.25) is 0 Å². The van der Waals surface area contributed by atoms with Gasteiger partial charge in [-0.1, -0.05) is 0 Å². The van der Waals surface area contributed by atoms with Crippen molar-refractivity contribution in [3.8, 4) is 0 Å². The molecular weight excluding hydrogens is 518 g/mol. The molecule has 0 aromatic carbocycles. The fraction of sp³-hybridized carbons (Fsp3) is 0.538. The zero-order valence-electron chi connectivity index (χ0n) is 17.1. The maximum atomic E-state index is 11.7. The smallest absolute Gasteiger partial charge is 0.747 e. The van der Waals surface area contributed by atoms with Crippen LogP contribution in [0.5, 0.6) is 0 Å². The van der Waals surface area contributed by atoms with Gasteiger partial charge in [0.05, 0.1) is 12.8 Å². The molecule has 2 heterocycles. The maximum Gasteiger partial charge on any atom is 1.00 e. The van der Waals surface area contributed by atoms with Crippen LogP contribution in [0.4, 0.5) is 0 Å². The molecule has 0 N–H and O–H groups in total. The Morgan fingerprint density at radius 3 is 1.30 bits per heavy atom. The molecule has 0 aromatic rings. The van der Waals surface area contributed by atoms with Crippen molar-refractivity contribution in [2.75, 3.05) is 0 Å². The van der Waals surface area contributed by atoms with Gasteiger partial charge in [0.25, 0.3) is 23.6 Å². The standard InChI is InChI=1S/C13H14N2O14S2.2Na/c16-8-4-6(30(22,23)24)12(20)14(8)28-10(18)2-1-3-11(19)29-15-9(17)5-7(13(15)21)31(25,26)27;;/h6-7H,1-5H2,(H,22,23,24)(H,25,26,27);;/q;2*+1/p-2. The predicted octanol–water partition coefficient (Wildman–Crippen LogP) is -9.57. The molecule has 0 saturated carbocycles. The molecule has 20 heteroatoms. The van der Waals surface area contributed by atoms with Gasteiger partial charge in [-0.2, -0.15) is 0 Å². The van der Waals surface area contributed by atoms with E-state index in [4.69, 9.17) is 0 Å². The van der Waals surface area contributed by atoms with Gasteiger partial charge in [0.1, 0.15) is 30.7 Å². The van der Waals surface area contributed by atoms with E-state index in [1.807, 2.05) is 0 Å². The van der Waals surface area contributed by atoms with E-state index in [1.54, 1.807) is 0 Å². The van der Waals surface area contributed by atoms with Gasteiger partial charge in [-0.15, -0.1) is 10.1 Å². The SMILES string of the molecule is O=C(CCCC(=O)ON1C(=O)CC(S(=O)(=O)[O-])C1=O)ON1C(=O)CC(S(=O)(=O)[O-])C1=O.[Na+].[Na+]. The van der Waals surface area contributed by atoms with E-state index in [-0.39, 0.29) is 75.7 Å². The van der Waals surface area contributed by atoms with Gasteiger partial charge in [-0.3, -0.25) is 19.2 Å². The Morgan fingerprint density at radius 1 is 0.758 bits per heavy atom. The second kappa shape index (κ2) is 12.1. The number of hydrogen-bond acceptors (Lipinski definition) is 14. The maximum absolute atomic E-state index is 11.7. The Balaban J connectivity index is 0.00000512. The van der Waals surface area contributed by atoms with Crippen molar-refractivity contribution in [1.29, 1.82) is 0 Å². The van der Waals surface area contributed by atoms with Gasteiger partial charge < -0.3 is 18.8 Å². The summed E-state index contributed by atoms with van der Waals surface area (Å²) in [5, 5.41) is -4.79. The van der Waals surface area contributed by atoms with Crippen LogP contribution in [-0.4, -0.2) is 82.1 Å². The molecule has 172 valence electrons. The molecule has 0 aliphatic carbocycles. The van der Waals surface area contributed by atoms with Crippen molar-refractivity contribution < 1.29 is 123 Å². The van der Waals surface area contributed by atoms with Crippen molar-refractivity contribution in [2.24, 2.45) is 0 Å². The number of nitrogens with zero attached hydrogens (tertiary/aromatic N) is 2. The second-order valence-electron chi connectivity index (χ2n) is 6.20. The van der Waals surface area contributed by atoms with Crippen molar-refractivity contribution >= 4 is 55.8 Å². The molecule has 4 amide bonds. The average Bonchev–Trinajstić information content (AvgIpc) is 3.06. The monoisotopic (exact) mass is 530 g/mol.